The maximum Gasteiger partial charge on any atom is 0.211 e. The number of sulfone groups is 1. The molecule has 0 radical (unpaired) electrons. The molecular weight excluding hydrogens is 426 g/mol. The highest BCUT2D eigenvalue weighted by atomic mass is 32.2. The fourth-order valence-electron chi connectivity index (χ4n) is 3.72. The summed E-state index contributed by atoms with van der Waals surface area (Å²) in [7, 11) is -2.75. The monoisotopic (exact) mass is 446 g/mol. The average molecular weight is 447 g/mol. The van der Waals surface area contributed by atoms with Gasteiger partial charge in [-0.2, -0.15) is 0 Å². The van der Waals surface area contributed by atoms with Gasteiger partial charge in [0.15, 0.2) is 14.7 Å². The standard InChI is InChI=1S/C25H20NO3S2/c1-29-18-15-16-25(31(27,28)19-9-3-2-4-10-19)24(17-18)30-22-13-7-5-11-20(22)26-21-12-6-8-14-23(21)30/h2-17,26H,1H3/q+1. The highest BCUT2D eigenvalue weighted by Gasteiger charge is 2.41. The second-order valence-electron chi connectivity index (χ2n) is 7.05. The van der Waals surface area contributed by atoms with Crippen LogP contribution in [0.15, 0.2) is 122 Å². The van der Waals surface area contributed by atoms with E-state index in [-0.39, 0.29) is 4.90 Å². The van der Waals surface area contributed by atoms with Crippen molar-refractivity contribution in [3.63, 3.8) is 0 Å². The van der Waals surface area contributed by atoms with Crippen LogP contribution in [0.2, 0.25) is 0 Å². The number of rotatable bonds is 4. The first-order valence-electron chi connectivity index (χ1n) is 9.77. The first kappa shape index (κ1) is 19.7. The summed E-state index contributed by atoms with van der Waals surface area (Å²) >= 11 is 0. The van der Waals surface area contributed by atoms with Gasteiger partial charge in [-0.25, -0.2) is 8.42 Å². The molecule has 0 bridgehead atoms. The van der Waals surface area contributed by atoms with Gasteiger partial charge in [0.05, 0.1) is 23.4 Å². The molecule has 0 atom stereocenters. The van der Waals surface area contributed by atoms with Gasteiger partial charge >= 0.3 is 0 Å². The lowest BCUT2D eigenvalue weighted by Crippen LogP contribution is -2.17. The van der Waals surface area contributed by atoms with Gasteiger partial charge in [-0.15, -0.1) is 0 Å². The number of para-hydroxylation sites is 2. The lowest BCUT2D eigenvalue weighted by Gasteiger charge is -2.22. The molecule has 31 heavy (non-hydrogen) atoms. The fraction of sp³-hybridized carbons (Fsp3) is 0.0400. The first-order chi connectivity index (χ1) is 15.1. The zero-order chi connectivity index (χ0) is 21.4. The fourth-order valence-corrected chi connectivity index (χ4v) is 7.96. The Morgan fingerprint density at radius 3 is 1.90 bits per heavy atom. The molecule has 0 fully saturated rings. The Morgan fingerprint density at radius 2 is 1.29 bits per heavy atom. The number of anilines is 2. The Hall–Kier alpha value is -3.22. The maximum atomic E-state index is 13.7. The summed E-state index contributed by atoms with van der Waals surface area (Å²) in [6.07, 6.45) is 0. The van der Waals surface area contributed by atoms with Crippen LogP contribution in [0.5, 0.6) is 5.75 Å². The molecule has 1 aliphatic rings. The van der Waals surface area contributed by atoms with Gasteiger partial charge in [-0.05, 0) is 48.5 Å². The van der Waals surface area contributed by atoms with E-state index in [4.69, 9.17) is 4.74 Å². The summed E-state index contributed by atoms with van der Waals surface area (Å²) in [5, 5.41) is 3.48. The van der Waals surface area contributed by atoms with Crippen molar-refractivity contribution in [2.24, 2.45) is 0 Å². The van der Waals surface area contributed by atoms with E-state index < -0.39 is 20.7 Å². The second kappa shape index (κ2) is 7.80. The van der Waals surface area contributed by atoms with E-state index in [9.17, 15) is 8.42 Å². The Bertz CT molecular complexity index is 1320. The van der Waals surface area contributed by atoms with Gasteiger partial charge in [0.2, 0.25) is 9.84 Å². The van der Waals surface area contributed by atoms with Crippen LogP contribution in [0.25, 0.3) is 0 Å². The molecule has 1 aliphatic heterocycles. The molecule has 4 aromatic carbocycles. The van der Waals surface area contributed by atoms with Gasteiger partial charge in [-0.1, -0.05) is 42.5 Å². The average Bonchev–Trinajstić information content (AvgIpc) is 2.82. The highest BCUT2D eigenvalue weighted by molar-refractivity contribution is 7.98. The van der Waals surface area contributed by atoms with Crippen molar-refractivity contribution >= 4 is 32.1 Å². The van der Waals surface area contributed by atoms with Gasteiger partial charge in [-0.3, -0.25) is 0 Å². The third-order valence-corrected chi connectivity index (χ3v) is 9.52. The molecule has 1 heterocycles. The van der Waals surface area contributed by atoms with E-state index in [2.05, 4.69) is 17.4 Å². The Balaban J connectivity index is 1.81. The predicted octanol–water partition coefficient (Wildman–Crippen LogP) is 5.68. The van der Waals surface area contributed by atoms with Crippen LogP contribution in [0.4, 0.5) is 11.4 Å². The third kappa shape index (κ3) is 3.38. The first-order valence-corrected chi connectivity index (χ1v) is 12.5. The molecule has 0 amide bonds. The summed E-state index contributed by atoms with van der Waals surface area (Å²) in [4.78, 5) is 3.42. The number of benzene rings is 4. The number of nitrogens with one attached hydrogen (secondary N) is 1. The van der Waals surface area contributed by atoms with Crippen LogP contribution in [0, 0.1) is 0 Å². The number of fused-ring (bicyclic) bond motifs is 2. The Kier molecular flexibility index (Phi) is 4.96. The summed E-state index contributed by atoms with van der Waals surface area (Å²) in [5.74, 6) is 0.628. The zero-order valence-electron chi connectivity index (χ0n) is 16.8. The molecule has 0 spiro atoms. The molecule has 0 saturated carbocycles. The molecule has 1 N–H and O–H groups in total. The molecular formula is C25H20NO3S2+. The lowest BCUT2D eigenvalue weighted by molar-refractivity contribution is 0.413. The van der Waals surface area contributed by atoms with Crippen LogP contribution in [0.3, 0.4) is 0 Å². The smallest absolute Gasteiger partial charge is 0.211 e. The maximum absolute atomic E-state index is 13.7. The quantitative estimate of drug-likeness (QED) is 0.361. The van der Waals surface area contributed by atoms with Crippen molar-refractivity contribution < 1.29 is 13.2 Å². The van der Waals surface area contributed by atoms with E-state index in [1.165, 1.54) is 0 Å². The topological polar surface area (TPSA) is 55.4 Å². The minimum absolute atomic E-state index is 0.279. The van der Waals surface area contributed by atoms with Gasteiger partial charge in [0.1, 0.15) is 21.5 Å². The summed E-state index contributed by atoms with van der Waals surface area (Å²) < 4.78 is 32.8. The summed E-state index contributed by atoms with van der Waals surface area (Å²) in [6.45, 7) is 0. The molecule has 154 valence electrons. The molecule has 6 heteroatoms. The minimum Gasteiger partial charge on any atom is -0.497 e. The van der Waals surface area contributed by atoms with E-state index in [0.29, 0.717) is 10.6 Å². The van der Waals surface area contributed by atoms with Gasteiger partial charge in [0.25, 0.3) is 0 Å². The molecule has 0 aliphatic carbocycles. The number of ether oxygens (including phenoxy) is 1. The van der Waals surface area contributed by atoms with Gasteiger partial charge in [0, 0.05) is 6.07 Å². The van der Waals surface area contributed by atoms with Crippen LogP contribution in [-0.4, -0.2) is 15.5 Å². The molecule has 0 saturated heterocycles. The predicted molar refractivity (Wildman–Crippen MR) is 123 cm³/mol. The molecule has 0 unspecified atom stereocenters. The number of hydrogen-bond acceptors (Lipinski definition) is 4. The molecule has 4 nitrogen and oxygen atoms in total. The number of methoxy groups -OCH3 is 1. The largest absolute Gasteiger partial charge is 0.497 e. The van der Waals surface area contributed by atoms with Gasteiger partial charge < -0.3 is 10.1 Å². The van der Waals surface area contributed by atoms with E-state index in [0.717, 1.165) is 26.1 Å². The van der Waals surface area contributed by atoms with Crippen LogP contribution < -0.4 is 10.1 Å². The van der Waals surface area contributed by atoms with E-state index in [1.54, 1.807) is 43.5 Å². The third-order valence-electron chi connectivity index (χ3n) is 5.20. The van der Waals surface area contributed by atoms with Crippen molar-refractivity contribution in [3.05, 3.63) is 97.1 Å². The van der Waals surface area contributed by atoms with Crippen molar-refractivity contribution in [2.75, 3.05) is 12.4 Å². The SMILES string of the molecule is COc1ccc(S(=O)(=O)c2ccccc2)c([S+]2c3ccccc3Nc3ccccc32)c1. The summed E-state index contributed by atoms with van der Waals surface area (Å²) in [5.41, 5.74) is 1.96. The second-order valence-corrected chi connectivity index (χ2v) is 10.9. The van der Waals surface area contributed by atoms with E-state index >= 15 is 0 Å². The normalized spacial score (nSPS) is 13.1. The van der Waals surface area contributed by atoms with Crippen molar-refractivity contribution in [1.82, 2.24) is 0 Å². The van der Waals surface area contributed by atoms with Crippen LogP contribution >= 0.6 is 0 Å². The summed E-state index contributed by atoms with van der Waals surface area (Å²) in [6, 6.07) is 29.9. The van der Waals surface area contributed by atoms with Crippen LogP contribution in [0.1, 0.15) is 0 Å². The molecule has 5 rings (SSSR count). The Morgan fingerprint density at radius 1 is 0.710 bits per heavy atom. The zero-order valence-corrected chi connectivity index (χ0v) is 18.4. The van der Waals surface area contributed by atoms with Crippen molar-refractivity contribution in [3.8, 4) is 5.75 Å². The minimum atomic E-state index is -3.72. The Labute approximate surface area is 184 Å². The lowest BCUT2D eigenvalue weighted by atomic mass is 10.2. The van der Waals surface area contributed by atoms with Crippen molar-refractivity contribution in [2.45, 2.75) is 24.5 Å². The van der Waals surface area contributed by atoms with E-state index in [1.807, 2.05) is 48.5 Å². The number of hydrogen-bond donors (Lipinski definition) is 1. The molecule has 0 aromatic heterocycles. The highest BCUT2D eigenvalue weighted by Crippen LogP contribution is 2.47. The molecule has 4 aromatic rings. The van der Waals surface area contributed by atoms with Crippen LogP contribution in [-0.2, 0) is 20.7 Å². The van der Waals surface area contributed by atoms with Crippen molar-refractivity contribution in [1.29, 1.82) is 0 Å².